The lowest BCUT2D eigenvalue weighted by atomic mass is 10.2. The molecule has 1 unspecified atom stereocenters. The van der Waals surface area contributed by atoms with E-state index in [0.717, 1.165) is 0 Å². The van der Waals surface area contributed by atoms with Crippen LogP contribution in [0.15, 0.2) is 29.4 Å². The first kappa shape index (κ1) is 12.8. The average Bonchev–Trinajstić information content (AvgIpc) is 2.28. The summed E-state index contributed by atoms with van der Waals surface area (Å²) in [6.45, 7) is 1.72. The Bertz CT molecular complexity index is 433. The molecule has 0 saturated heterocycles. The van der Waals surface area contributed by atoms with Crippen LogP contribution >= 0.6 is 0 Å². The Hall–Kier alpha value is -2.31. The standard InChI is InChI=1S/C10H13N3O4/c1-7(5-10(11)12-14)17-9-4-2-3-8(6-9)13(15)16/h2-4,6-7,14H,5H2,1H3,(H2,11,12). The van der Waals surface area contributed by atoms with Crippen LogP contribution in [0.5, 0.6) is 5.75 Å². The van der Waals surface area contributed by atoms with Crippen LogP contribution in [0.3, 0.4) is 0 Å². The molecule has 0 aromatic heterocycles. The average molecular weight is 239 g/mol. The maximum Gasteiger partial charge on any atom is 0.273 e. The Morgan fingerprint density at radius 3 is 3.00 bits per heavy atom. The minimum absolute atomic E-state index is 0.0431. The van der Waals surface area contributed by atoms with Crippen molar-refractivity contribution in [3.05, 3.63) is 34.4 Å². The highest BCUT2D eigenvalue weighted by Gasteiger charge is 2.10. The number of nitrogens with zero attached hydrogens (tertiary/aromatic N) is 2. The molecule has 0 bridgehead atoms. The number of rotatable bonds is 5. The van der Waals surface area contributed by atoms with Crippen LogP contribution in [0.4, 0.5) is 5.69 Å². The number of oxime groups is 1. The third-order valence-electron chi connectivity index (χ3n) is 1.99. The smallest absolute Gasteiger partial charge is 0.273 e. The molecule has 0 aliphatic heterocycles. The highest BCUT2D eigenvalue weighted by molar-refractivity contribution is 5.80. The molecule has 0 saturated carbocycles. The highest BCUT2D eigenvalue weighted by atomic mass is 16.6. The molecule has 17 heavy (non-hydrogen) atoms. The molecular weight excluding hydrogens is 226 g/mol. The van der Waals surface area contributed by atoms with Gasteiger partial charge in [0.25, 0.3) is 5.69 Å². The van der Waals surface area contributed by atoms with Gasteiger partial charge in [0.05, 0.1) is 11.0 Å². The van der Waals surface area contributed by atoms with Crippen molar-refractivity contribution in [2.45, 2.75) is 19.4 Å². The summed E-state index contributed by atoms with van der Waals surface area (Å²) in [4.78, 5) is 10.0. The number of non-ortho nitro benzene ring substituents is 1. The van der Waals surface area contributed by atoms with Gasteiger partial charge in [0, 0.05) is 12.5 Å². The monoisotopic (exact) mass is 239 g/mol. The molecule has 1 rings (SSSR count). The lowest BCUT2D eigenvalue weighted by molar-refractivity contribution is -0.384. The number of hydrogen-bond acceptors (Lipinski definition) is 5. The van der Waals surface area contributed by atoms with Crippen LogP contribution in [0.2, 0.25) is 0 Å². The van der Waals surface area contributed by atoms with E-state index in [1.165, 1.54) is 18.2 Å². The molecule has 7 heteroatoms. The molecule has 92 valence electrons. The van der Waals surface area contributed by atoms with E-state index in [1.807, 2.05) is 0 Å². The summed E-state index contributed by atoms with van der Waals surface area (Å²) in [5.41, 5.74) is 5.27. The molecule has 0 aliphatic carbocycles. The van der Waals surface area contributed by atoms with Gasteiger partial charge >= 0.3 is 0 Å². The molecule has 0 amide bonds. The number of hydrogen-bond donors (Lipinski definition) is 2. The summed E-state index contributed by atoms with van der Waals surface area (Å²) in [5.74, 6) is 0.417. The first-order valence-electron chi connectivity index (χ1n) is 4.90. The molecule has 1 aromatic carbocycles. The third-order valence-corrected chi connectivity index (χ3v) is 1.99. The summed E-state index contributed by atoms with van der Waals surface area (Å²) >= 11 is 0. The number of amidine groups is 1. The Balaban J connectivity index is 2.68. The third kappa shape index (κ3) is 3.98. The molecule has 3 N–H and O–H groups in total. The number of benzene rings is 1. The van der Waals surface area contributed by atoms with Crippen molar-refractivity contribution in [3.63, 3.8) is 0 Å². The van der Waals surface area contributed by atoms with Crippen LogP contribution in [0, 0.1) is 10.1 Å². The summed E-state index contributed by atoms with van der Waals surface area (Å²) in [6, 6.07) is 5.84. The molecule has 0 radical (unpaired) electrons. The fourth-order valence-electron chi connectivity index (χ4n) is 1.28. The van der Waals surface area contributed by atoms with E-state index >= 15 is 0 Å². The summed E-state index contributed by atoms with van der Waals surface area (Å²) in [5, 5.41) is 21.7. The number of nitrogens with two attached hydrogens (primary N) is 1. The molecule has 1 atom stereocenters. The van der Waals surface area contributed by atoms with Gasteiger partial charge in [-0.05, 0) is 13.0 Å². The second-order valence-electron chi connectivity index (χ2n) is 3.48. The number of nitro groups is 1. The molecule has 1 aromatic rings. The maximum atomic E-state index is 10.5. The van der Waals surface area contributed by atoms with E-state index in [1.54, 1.807) is 13.0 Å². The van der Waals surface area contributed by atoms with E-state index in [0.29, 0.717) is 5.75 Å². The zero-order valence-corrected chi connectivity index (χ0v) is 9.24. The largest absolute Gasteiger partial charge is 0.490 e. The lowest BCUT2D eigenvalue weighted by Gasteiger charge is -2.13. The van der Waals surface area contributed by atoms with Crippen LogP contribution in [-0.4, -0.2) is 22.1 Å². The van der Waals surface area contributed by atoms with E-state index in [-0.39, 0.29) is 24.0 Å². The van der Waals surface area contributed by atoms with Gasteiger partial charge in [-0.1, -0.05) is 11.2 Å². The summed E-state index contributed by atoms with van der Waals surface area (Å²) < 4.78 is 5.40. The van der Waals surface area contributed by atoms with Gasteiger partial charge in [0.15, 0.2) is 0 Å². The van der Waals surface area contributed by atoms with Crippen LogP contribution in [-0.2, 0) is 0 Å². The topological polar surface area (TPSA) is 111 Å². The zero-order chi connectivity index (χ0) is 12.8. The molecule has 7 nitrogen and oxygen atoms in total. The quantitative estimate of drug-likeness (QED) is 0.266. The van der Waals surface area contributed by atoms with Crippen LogP contribution in [0.25, 0.3) is 0 Å². The number of nitro benzene ring substituents is 1. The van der Waals surface area contributed by atoms with Crippen molar-refractivity contribution < 1.29 is 14.9 Å². The van der Waals surface area contributed by atoms with Gasteiger partial charge in [-0.2, -0.15) is 0 Å². The van der Waals surface area contributed by atoms with Crippen molar-refractivity contribution in [2.75, 3.05) is 0 Å². The van der Waals surface area contributed by atoms with E-state index in [9.17, 15) is 10.1 Å². The van der Waals surface area contributed by atoms with Gasteiger partial charge in [0.1, 0.15) is 17.7 Å². The van der Waals surface area contributed by atoms with Crippen molar-refractivity contribution in [3.8, 4) is 5.75 Å². The van der Waals surface area contributed by atoms with Crippen LogP contribution < -0.4 is 10.5 Å². The van der Waals surface area contributed by atoms with Gasteiger partial charge in [-0.15, -0.1) is 0 Å². The SMILES string of the molecule is CC(C/C(N)=N/O)Oc1cccc([N+](=O)[O-])c1. The second-order valence-corrected chi connectivity index (χ2v) is 3.48. The van der Waals surface area contributed by atoms with Gasteiger partial charge in [-0.25, -0.2) is 0 Å². The van der Waals surface area contributed by atoms with Crippen molar-refractivity contribution in [1.82, 2.24) is 0 Å². The Labute approximate surface area is 97.6 Å². The minimum Gasteiger partial charge on any atom is -0.490 e. The van der Waals surface area contributed by atoms with Crippen molar-refractivity contribution >= 4 is 11.5 Å². The predicted molar refractivity (Wildman–Crippen MR) is 61.2 cm³/mol. The Morgan fingerprint density at radius 1 is 1.71 bits per heavy atom. The molecular formula is C10H13N3O4. The van der Waals surface area contributed by atoms with Gasteiger partial charge in [-0.3, -0.25) is 10.1 Å². The predicted octanol–water partition coefficient (Wildman–Crippen LogP) is 1.50. The number of ether oxygens (including phenoxy) is 1. The van der Waals surface area contributed by atoms with E-state index < -0.39 is 4.92 Å². The molecule has 0 aliphatic rings. The summed E-state index contributed by atoms with van der Waals surface area (Å²) in [7, 11) is 0. The maximum absolute atomic E-state index is 10.5. The fourth-order valence-corrected chi connectivity index (χ4v) is 1.28. The normalized spacial score (nSPS) is 13.1. The second kappa shape index (κ2) is 5.69. The molecule has 0 heterocycles. The van der Waals surface area contributed by atoms with E-state index in [2.05, 4.69) is 5.16 Å². The molecule has 0 spiro atoms. The lowest BCUT2D eigenvalue weighted by Crippen LogP contribution is -2.22. The molecule has 0 fully saturated rings. The van der Waals surface area contributed by atoms with Crippen molar-refractivity contribution in [1.29, 1.82) is 0 Å². The Kier molecular flexibility index (Phi) is 4.27. The summed E-state index contributed by atoms with van der Waals surface area (Å²) in [6.07, 6.45) is -0.105. The van der Waals surface area contributed by atoms with Crippen molar-refractivity contribution in [2.24, 2.45) is 10.9 Å². The zero-order valence-electron chi connectivity index (χ0n) is 9.24. The Morgan fingerprint density at radius 2 is 2.41 bits per heavy atom. The fraction of sp³-hybridized carbons (Fsp3) is 0.300. The van der Waals surface area contributed by atoms with Gasteiger partial charge in [0.2, 0.25) is 0 Å². The van der Waals surface area contributed by atoms with Gasteiger partial charge < -0.3 is 15.7 Å². The van der Waals surface area contributed by atoms with E-state index in [4.69, 9.17) is 15.7 Å². The first-order valence-corrected chi connectivity index (χ1v) is 4.90. The highest BCUT2D eigenvalue weighted by Crippen LogP contribution is 2.20. The minimum atomic E-state index is -0.499. The van der Waals surface area contributed by atoms with Crippen LogP contribution in [0.1, 0.15) is 13.3 Å². The first-order chi connectivity index (χ1) is 8.02.